The third-order valence-corrected chi connectivity index (χ3v) is 17.3. The highest BCUT2D eigenvalue weighted by Crippen LogP contribution is 2.65. The molecule has 47 heavy (non-hydrogen) atoms. The largest absolute Gasteiger partial charge is 0.342 e. The van der Waals surface area contributed by atoms with Gasteiger partial charge in [0.2, 0.25) is 0 Å². The minimum Gasteiger partial charge on any atom is -0.342 e. The van der Waals surface area contributed by atoms with E-state index in [0.29, 0.717) is 0 Å². The number of aromatic nitrogens is 1. The molecule has 0 bridgehead atoms. The van der Waals surface area contributed by atoms with Crippen molar-refractivity contribution in [3.05, 3.63) is 68.4 Å². The van der Waals surface area contributed by atoms with Crippen LogP contribution in [0.4, 0.5) is 0 Å². The lowest BCUT2D eigenvalue weighted by molar-refractivity contribution is 0.493. The highest BCUT2D eigenvalue weighted by atomic mass is 32.1. The van der Waals surface area contributed by atoms with Gasteiger partial charge in [0, 0.05) is 58.8 Å². The van der Waals surface area contributed by atoms with Gasteiger partial charge in [0.25, 0.3) is 0 Å². The van der Waals surface area contributed by atoms with Gasteiger partial charge < -0.3 is 4.57 Å². The summed E-state index contributed by atoms with van der Waals surface area (Å²) in [5, 5.41) is 2.95. The lowest BCUT2D eigenvalue weighted by atomic mass is 9.72. The van der Waals surface area contributed by atoms with E-state index in [1.165, 1.54) is 83.3 Å². The summed E-state index contributed by atoms with van der Waals surface area (Å²) in [7, 11) is 2.31. The Morgan fingerprint density at radius 2 is 1.28 bits per heavy atom. The van der Waals surface area contributed by atoms with E-state index in [-0.39, 0.29) is 10.8 Å². The fraction of sp³-hybridized carbons (Fsp3) is 0.429. The monoisotopic (exact) mass is 691 g/mol. The minimum atomic E-state index is 0.0558. The molecule has 0 amide bonds. The van der Waals surface area contributed by atoms with Crippen molar-refractivity contribution >= 4 is 86.0 Å². The van der Waals surface area contributed by atoms with Gasteiger partial charge in [0.15, 0.2) is 0 Å². The van der Waals surface area contributed by atoms with Crippen LogP contribution in [0.25, 0.3) is 61.5 Å². The van der Waals surface area contributed by atoms with E-state index in [0.717, 1.165) is 25.7 Å². The maximum atomic E-state index is 2.56. The van der Waals surface area contributed by atoms with Crippen molar-refractivity contribution in [1.29, 1.82) is 0 Å². The first kappa shape index (κ1) is 30.6. The maximum Gasteiger partial charge on any atom is 0.0710 e. The second-order valence-corrected chi connectivity index (χ2v) is 18.8. The van der Waals surface area contributed by atoms with Gasteiger partial charge in [-0.25, -0.2) is 0 Å². The van der Waals surface area contributed by atoms with Gasteiger partial charge in [-0.3, -0.25) is 0 Å². The number of thiophene rings is 4. The number of hydrogen-bond donors (Lipinski definition) is 0. The van der Waals surface area contributed by atoms with Crippen LogP contribution in [0.15, 0.2) is 36.4 Å². The number of fused-ring (bicyclic) bond motifs is 15. The summed E-state index contributed by atoms with van der Waals surface area (Å²) in [5.74, 6) is 0. The van der Waals surface area contributed by atoms with Crippen molar-refractivity contribution in [3.63, 3.8) is 0 Å². The molecule has 0 saturated heterocycles. The normalized spacial score (nSPS) is 15.8. The van der Waals surface area contributed by atoms with Crippen LogP contribution < -0.4 is 0 Å². The molecule has 2 aliphatic rings. The SMILES string of the molecule is CCCCCCc1cc2sc3c(c2s1)C(CC)(CC)c1ccc2c4c(ccc2c1-3)C(CC)(CC)c1c-4sc2c3sc(C)cc3n(C)c12. The van der Waals surface area contributed by atoms with Crippen LogP contribution in [0, 0.1) is 6.92 Å². The molecule has 9 rings (SSSR count). The van der Waals surface area contributed by atoms with Gasteiger partial charge in [-0.1, -0.05) is 78.1 Å². The Balaban J connectivity index is 1.30. The second kappa shape index (κ2) is 10.8. The summed E-state index contributed by atoms with van der Waals surface area (Å²) in [5.41, 5.74) is 12.5. The quantitative estimate of drug-likeness (QED) is 0.133. The number of hydrogen-bond acceptors (Lipinski definition) is 4. The lowest BCUT2D eigenvalue weighted by Gasteiger charge is -2.30. The molecule has 0 spiro atoms. The Hall–Kier alpha value is -2.44. The Morgan fingerprint density at radius 1 is 0.638 bits per heavy atom. The number of rotatable bonds is 9. The van der Waals surface area contributed by atoms with Gasteiger partial charge in [0.1, 0.15) is 0 Å². The molecular formula is C42H45NS4. The van der Waals surface area contributed by atoms with Crippen molar-refractivity contribution in [2.75, 3.05) is 0 Å². The van der Waals surface area contributed by atoms with Crippen LogP contribution in [0.2, 0.25) is 0 Å². The molecule has 5 heteroatoms. The average molecular weight is 692 g/mol. The van der Waals surface area contributed by atoms with Gasteiger partial charge in [-0.2, -0.15) is 0 Å². The van der Waals surface area contributed by atoms with Gasteiger partial charge in [-0.15, -0.1) is 45.3 Å². The minimum absolute atomic E-state index is 0.0558. The topological polar surface area (TPSA) is 4.93 Å². The smallest absolute Gasteiger partial charge is 0.0710 e. The van der Waals surface area contributed by atoms with Gasteiger partial charge in [-0.05, 0) is 85.0 Å². The number of nitrogens with zero attached hydrogens (tertiary/aromatic N) is 1. The molecule has 242 valence electrons. The van der Waals surface area contributed by atoms with Crippen LogP contribution in [-0.4, -0.2) is 4.57 Å². The fourth-order valence-corrected chi connectivity index (χ4v) is 15.5. The van der Waals surface area contributed by atoms with Crippen molar-refractivity contribution in [2.24, 2.45) is 7.05 Å². The molecule has 0 aliphatic heterocycles. The van der Waals surface area contributed by atoms with Crippen molar-refractivity contribution < 1.29 is 0 Å². The molecule has 0 radical (unpaired) electrons. The van der Waals surface area contributed by atoms with Crippen LogP contribution in [0.5, 0.6) is 0 Å². The zero-order chi connectivity index (χ0) is 32.4. The average Bonchev–Trinajstić information content (AvgIpc) is 3.92. The van der Waals surface area contributed by atoms with E-state index in [1.54, 1.807) is 42.3 Å². The summed E-state index contributed by atoms with van der Waals surface area (Å²) in [4.78, 5) is 6.10. The zero-order valence-corrected chi connectivity index (χ0v) is 32.2. The van der Waals surface area contributed by atoms with E-state index >= 15 is 0 Å². The second-order valence-electron chi connectivity index (χ2n) is 14.3. The van der Waals surface area contributed by atoms with Crippen LogP contribution in [0.1, 0.15) is 118 Å². The van der Waals surface area contributed by atoms with E-state index in [9.17, 15) is 0 Å². The van der Waals surface area contributed by atoms with Gasteiger partial charge >= 0.3 is 0 Å². The summed E-state index contributed by atoms with van der Waals surface area (Å²) < 4.78 is 8.62. The van der Waals surface area contributed by atoms with Crippen LogP contribution in [0.3, 0.4) is 0 Å². The number of aryl methyl sites for hydroxylation is 3. The molecule has 0 atom stereocenters. The van der Waals surface area contributed by atoms with Crippen molar-refractivity contribution in [3.8, 4) is 20.9 Å². The molecule has 0 N–H and O–H groups in total. The first-order valence-electron chi connectivity index (χ1n) is 18.1. The summed E-state index contributed by atoms with van der Waals surface area (Å²) in [6.45, 7) is 14.3. The molecule has 0 fully saturated rings. The van der Waals surface area contributed by atoms with Gasteiger partial charge in [0.05, 0.1) is 25.1 Å². The first-order valence-corrected chi connectivity index (χ1v) is 21.3. The first-order chi connectivity index (χ1) is 22.9. The predicted molar refractivity (Wildman–Crippen MR) is 213 cm³/mol. The molecule has 5 aromatic heterocycles. The molecule has 0 unspecified atom stereocenters. The van der Waals surface area contributed by atoms with E-state index in [2.05, 4.69) is 124 Å². The van der Waals surface area contributed by atoms with E-state index < -0.39 is 0 Å². The molecule has 2 aromatic carbocycles. The Labute approximate surface area is 295 Å². The summed E-state index contributed by atoms with van der Waals surface area (Å²) in [6.07, 6.45) is 11.1. The third-order valence-electron chi connectivity index (χ3n) is 12.4. The zero-order valence-electron chi connectivity index (χ0n) is 28.9. The van der Waals surface area contributed by atoms with Crippen molar-refractivity contribution in [2.45, 2.75) is 110 Å². The number of benzene rings is 2. The van der Waals surface area contributed by atoms with Crippen molar-refractivity contribution in [1.82, 2.24) is 4.57 Å². The molecular weight excluding hydrogens is 647 g/mol. The third kappa shape index (κ3) is 3.75. The van der Waals surface area contributed by atoms with E-state index in [4.69, 9.17) is 0 Å². The summed E-state index contributed by atoms with van der Waals surface area (Å²) >= 11 is 8.25. The lowest BCUT2D eigenvalue weighted by Crippen LogP contribution is -2.23. The highest BCUT2D eigenvalue weighted by Gasteiger charge is 2.48. The molecule has 7 aromatic rings. The number of unbranched alkanes of at least 4 members (excludes halogenated alkanes) is 3. The predicted octanol–water partition coefficient (Wildman–Crippen LogP) is 14.5. The standard InChI is InChI=1S/C42H45NS4/c1-8-13-14-15-16-24-22-30-37(45-24)34-39(46-30)32-26-17-19-27-31(25(26)18-20-28(32)42(34,11-4)12-5)38-33(41(27,9-2)10-3)35-40(47-38)36-29(43(35)7)21-23(6)44-36/h17-22H,8-16H2,1-7H3. The highest BCUT2D eigenvalue weighted by molar-refractivity contribution is 7.30. The van der Waals surface area contributed by atoms with Crippen LogP contribution >= 0.6 is 45.3 Å². The Bertz CT molecular complexity index is 2370. The van der Waals surface area contributed by atoms with Crippen LogP contribution in [-0.2, 0) is 24.3 Å². The molecule has 2 aliphatic carbocycles. The van der Waals surface area contributed by atoms with E-state index in [1.807, 2.05) is 11.3 Å². The molecule has 5 heterocycles. The summed E-state index contributed by atoms with van der Waals surface area (Å²) in [6, 6.07) is 15.1. The maximum absolute atomic E-state index is 2.56. The molecule has 0 saturated carbocycles. The Kier molecular flexibility index (Phi) is 7.02. The molecule has 1 nitrogen and oxygen atoms in total. The fourth-order valence-electron chi connectivity index (χ4n) is 9.88. The Morgan fingerprint density at radius 3 is 1.91 bits per heavy atom.